The monoisotopic (exact) mass is 451 g/mol. The zero-order valence-electron chi connectivity index (χ0n) is 17.2. The summed E-state index contributed by atoms with van der Waals surface area (Å²) in [5, 5.41) is 10.5. The number of nitrogens with zero attached hydrogens (tertiary/aromatic N) is 3. The van der Waals surface area contributed by atoms with E-state index >= 15 is 0 Å². The van der Waals surface area contributed by atoms with E-state index < -0.39 is 0 Å². The average molecular weight is 452 g/mol. The lowest BCUT2D eigenvalue weighted by Gasteiger charge is -2.17. The van der Waals surface area contributed by atoms with Gasteiger partial charge in [0, 0.05) is 16.5 Å². The first-order valence-corrected chi connectivity index (χ1v) is 11.2. The molecule has 0 radical (unpaired) electrons. The molecule has 4 rings (SSSR count). The van der Waals surface area contributed by atoms with Crippen LogP contribution >= 0.6 is 23.4 Å². The third-order valence-corrected chi connectivity index (χ3v) is 6.07. The summed E-state index contributed by atoms with van der Waals surface area (Å²) in [6.45, 7) is 1.97. The van der Waals surface area contributed by atoms with Gasteiger partial charge >= 0.3 is 0 Å². The highest BCUT2D eigenvalue weighted by Gasteiger charge is 2.21. The van der Waals surface area contributed by atoms with E-state index in [1.54, 1.807) is 18.9 Å². The van der Waals surface area contributed by atoms with Gasteiger partial charge in [-0.15, -0.1) is 10.2 Å². The number of hydrogen-bond donors (Lipinski definition) is 0. The van der Waals surface area contributed by atoms with Gasteiger partial charge < -0.3 is 9.47 Å². The topological polar surface area (TPSA) is 49.2 Å². The first-order chi connectivity index (χ1) is 15.2. The van der Waals surface area contributed by atoms with Crippen molar-refractivity contribution in [1.82, 2.24) is 14.8 Å². The van der Waals surface area contributed by atoms with Crippen LogP contribution in [0.15, 0.2) is 84.0 Å². The summed E-state index contributed by atoms with van der Waals surface area (Å²) < 4.78 is 13.4. The summed E-state index contributed by atoms with van der Waals surface area (Å²) >= 11 is 7.92. The largest absolute Gasteiger partial charge is 0.497 e. The smallest absolute Gasteiger partial charge is 0.196 e. The molecule has 1 unspecified atom stereocenters. The predicted octanol–water partition coefficient (Wildman–Crippen LogP) is 6.36. The first-order valence-electron chi connectivity index (χ1n) is 9.83. The highest BCUT2D eigenvalue weighted by Crippen LogP contribution is 2.31. The Labute approximate surface area is 191 Å². The Bertz CT molecular complexity index is 1130. The number of hydrogen-bond acceptors (Lipinski definition) is 5. The lowest BCUT2D eigenvalue weighted by molar-refractivity contribution is 0.213. The Hall–Kier alpha value is -2.96. The van der Waals surface area contributed by atoms with Crippen LogP contribution in [-0.2, 0) is 5.75 Å². The lowest BCUT2D eigenvalue weighted by atomic mass is 10.2. The summed E-state index contributed by atoms with van der Waals surface area (Å²) in [5.74, 6) is 2.94. The number of ether oxygens (including phenoxy) is 2. The normalized spacial score (nSPS) is 11.8. The van der Waals surface area contributed by atoms with E-state index in [0.717, 1.165) is 38.8 Å². The van der Waals surface area contributed by atoms with Crippen LogP contribution < -0.4 is 9.47 Å². The number of benzene rings is 3. The van der Waals surface area contributed by atoms with Crippen molar-refractivity contribution in [3.8, 4) is 17.2 Å². The molecule has 0 saturated carbocycles. The number of thioether (sulfide) groups is 1. The number of methoxy groups -OCH3 is 1. The van der Waals surface area contributed by atoms with Gasteiger partial charge in [0.05, 0.1) is 7.11 Å². The highest BCUT2D eigenvalue weighted by molar-refractivity contribution is 7.98. The van der Waals surface area contributed by atoms with Gasteiger partial charge in [0.25, 0.3) is 0 Å². The average Bonchev–Trinajstić information content (AvgIpc) is 3.24. The van der Waals surface area contributed by atoms with E-state index in [0.29, 0.717) is 5.75 Å². The summed E-state index contributed by atoms with van der Waals surface area (Å²) in [7, 11) is 1.64. The molecule has 0 aliphatic heterocycles. The minimum absolute atomic E-state index is 0.309. The van der Waals surface area contributed by atoms with Crippen molar-refractivity contribution in [1.29, 1.82) is 0 Å². The van der Waals surface area contributed by atoms with Gasteiger partial charge in [0.1, 0.15) is 11.5 Å². The molecule has 31 heavy (non-hydrogen) atoms. The van der Waals surface area contributed by atoms with E-state index in [4.69, 9.17) is 21.1 Å². The fourth-order valence-corrected chi connectivity index (χ4v) is 4.37. The molecule has 0 spiro atoms. The van der Waals surface area contributed by atoms with Crippen molar-refractivity contribution in [3.05, 3.63) is 95.3 Å². The van der Waals surface area contributed by atoms with Gasteiger partial charge in [-0.1, -0.05) is 59.8 Å². The Kier molecular flexibility index (Phi) is 6.79. The third-order valence-electron chi connectivity index (χ3n) is 4.72. The van der Waals surface area contributed by atoms with Crippen molar-refractivity contribution in [2.24, 2.45) is 0 Å². The minimum atomic E-state index is -0.309. The molecule has 4 aromatic rings. The molecule has 0 N–H and O–H groups in total. The Morgan fingerprint density at radius 3 is 2.29 bits per heavy atom. The predicted molar refractivity (Wildman–Crippen MR) is 124 cm³/mol. The zero-order valence-corrected chi connectivity index (χ0v) is 18.8. The molecule has 1 atom stereocenters. The fourth-order valence-electron chi connectivity index (χ4n) is 3.13. The number of rotatable bonds is 8. The van der Waals surface area contributed by atoms with E-state index in [1.807, 2.05) is 90.4 Å². The Morgan fingerprint density at radius 1 is 0.903 bits per heavy atom. The summed E-state index contributed by atoms with van der Waals surface area (Å²) in [6.07, 6.45) is -0.309. The van der Waals surface area contributed by atoms with Crippen LogP contribution in [0.2, 0.25) is 5.02 Å². The summed E-state index contributed by atoms with van der Waals surface area (Å²) in [5.41, 5.74) is 2.04. The van der Waals surface area contributed by atoms with Crippen molar-refractivity contribution in [3.63, 3.8) is 0 Å². The zero-order chi connectivity index (χ0) is 21.6. The van der Waals surface area contributed by atoms with Crippen molar-refractivity contribution in [2.75, 3.05) is 7.11 Å². The van der Waals surface area contributed by atoms with Gasteiger partial charge in [-0.3, -0.25) is 4.57 Å². The van der Waals surface area contributed by atoms with Crippen LogP contribution in [0.1, 0.15) is 24.4 Å². The van der Waals surface area contributed by atoms with Gasteiger partial charge in [0.15, 0.2) is 17.1 Å². The standard InChI is InChI=1S/C24H22ClN3O2S/c1-17(30-21-14-12-20(29-2)13-15-21)23-26-27-24(28(23)19-9-4-3-5-10-19)31-16-18-8-6-7-11-22(18)25/h3-15,17H,16H2,1-2H3. The van der Waals surface area contributed by atoms with Gasteiger partial charge in [-0.25, -0.2) is 0 Å². The van der Waals surface area contributed by atoms with E-state index in [9.17, 15) is 0 Å². The SMILES string of the molecule is COc1ccc(OC(C)c2nnc(SCc3ccccc3Cl)n2-c2ccccc2)cc1. The molecule has 0 fully saturated rings. The van der Waals surface area contributed by atoms with Crippen LogP contribution in [0, 0.1) is 0 Å². The molecular weight excluding hydrogens is 430 g/mol. The van der Waals surface area contributed by atoms with Gasteiger partial charge in [-0.2, -0.15) is 0 Å². The second-order valence-corrected chi connectivity index (χ2v) is 8.18. The summed E-state index contributed by atoms with van der Waals surface area (Å²) in [4.78, 5) is 0. The Morgan fingerprint density at radius 2 is 1.58 bits per heavy atom. The molecule has 3 aromatic carbocycles. The molecule has 0 saturated heterocycles. The van der Waals surface area contributed by atoms with Crippen molar-refractivity contribution < 1.29 is 9.47 Å². The maximum Gasteiger partial charge on any atom is 0.196 e. The third kappa shape index (κ3) is 5.03. The first kappa shape index (κ1) is 21.3. The van der Waals surface area contributed by atoms with Crippen molar-refractivity contribution >= 4 is 23.4 Å². The molecule has 1 heterocycles. The van der Waals surface area contributed by atoms with Crippen LogP contribution in [0.4, 0.5) is 0 Å². The molecule has 0 bridgehead atoms. The minimum Gasteiger partial charge on any atom is -0.497 e. The van der Waals surface area contributed by atoms with E-state index in [2.05, 4.69) is 10.2 Å². The van der Waals surface area contributed by atoms with Crippen LogP contribution in [0.5, 0.6) is 11.5 Å². The molecule has 0 aliphatic rings. The van der Waals surface area contributed by atoms with E-state index in [-0.39, 0.29) is 6.10 Å². The second-order valence-electron chi connectivity index (χ2n) is 6.83. The molecular formula is C24H22ClN3O2S. The molecule has 5 nitrogen and oxygen atoms in total. The van der Waals surface area contributed by atoms with Crippen LogP contribution in [-0.4, -0.2) is 21.9 Å². The molecule has 0 aliphatic carbocycles. The Balaban J connectivity index is 1.61. The lowest BCUT2D eigenvalue weighted by Crippen LogP contribution is -2.11. The molecule has 7 heteroatoms. The van der Waals surface area contributed by atoms with Crippen LogP contribution in [0.25, 0.3) is 5.69 Å². The highest BCUT2D eigenvalue weighted by atomic mass is 35.5. The quantitative estimate of drug-likeness (QED) is 0.291. The second kappa shape index (κ2) is 9.90. The molecule has 0 amide bonds. The molecule has 158 valence electrons. The van der Waals surface area contributed by atoms with E-state index in [1.165, 1.54) is 0 Å². The number of halogens is 1. The maximum absolute atomic E-state index is 6.33. The molecule has 1 aromatic heterocycles. The van der Waals surface area contributed by atoms with Gasteiger partial charge in [0.2, 0.25) is 0 Å². The number of aromatic nitrogens is 3. The maximum atomic E-state index is 6.33. The van der Waals surface area contributed by atoms with Crippen LogP contribution in [0.3, 0.4) is 0 Å². The number of para-hydroxylation sites is 1. The fraction of sp³-hybridized carbons (Fsp3) is 0.167. The summed E-state index contributed by atoms with van der Waals surface area (Å²) in [6, 6.07) is 25.4. The van der Waals surface area contributed by atoms with Gasteiger partial charge in [-0.05, 0) is 55.0 Å². The van der Waals surface area contributed by atoms with Crippen molar-refractivity contribution in [2.45, 2.75) is 23.9 Å².